The Labute approximate surface area is 189 Å². The second-order valence-corrected chi connectivity index (χ2v) is 8.82. The zero-order valence-electron chi connectivity index (χ0n) is 17.3. The highest BCUT2D eigenvalue weighted by Crippen LogP contribution is 2.33. The SMILES string of the molecule is Cc1ccc(N(Cc2ccccc2)C2=NC(=O)C(Cc3cccc(C(F)(F)F)c3)S2)cc1. The van der Waals surface area contributed by atoms with Gasteiger partial charge in [-0.25, -0.2) is 0 Å². The van der Waals surface area contributed by atoms with Crippen LogP contribution in [-0.2, 0) is 23.9 Å². The first-order valence-electron chi connectivity index (χ1n) is 10.1. The van der Waals surface area contributed by atoms with Crippen LogP contribution in [0.3, 0.4) is 0 Å². The van der Waals surface area contributed by atoms with Crippen molar-refractivity contribution < 1.29 is 18.0 Å². The van der Waals surface area contributed by atoms with Crippen molar-refractivity contribution in [1.29, 1.82) is 0 Å². The van der Waals surface area contributed by atoms with E-state index in [0.717, 1.165) is 28.9 Å². The van der Waals surface area contributed by atoms with Gasteiger partial charge in [-0.3, -0.25) is 4.79 Å². The number of hydrogen-bond acceptors (Lipinski definition) is 3. The number of carbonyl (C=O) groups is 1. The normalized spacial score (nSPS) is 16.2. The second kappa shape index (κ2) is 9.20. The molecule has 3 nitrogen and oxygen atoms in total. The summed E-state index contributed by atoms with van der Waals surface area (Å²) in [5.41, 5.74) is 2.83. The molecular weight excluding hydrogens is 433 g/mol. The summed E-state index contributed by atoms with van der Waals surface area (Å²) in [5.74, 6) is -0.326. The standard InChI is InChI=1S/C25H21F3N2OS/c1-17-10-12-21(13-11-17)30(16-18-6-3-2-4-7-18)24-29-23(31)22(32-24)15-19-8-5-9-20(14-19)25(26,27)28/h2-14,22H,15-16H2,1H3. The molecule has 1 aliphatic rings. The lowest BCUT2D eigenvalue weighted by atomic mass is 10.1. The minimum Gasteiger partial charge on any atom is -0.316 e. The molecule has 1 atom stereocenters. The smallest absolute Gasteiger partial charge is 0.316 e. The van der Waals surface area contributed by atoms with Gasteiger partial charge in [0.25, 0.3) is 5.91 Å². The van der Waals surface area contributed by atoms with Gasteiger partial charge in [-0.05, 0) is 42.7 Å². The second-order valence-electron chi connectivity index (χ2n) is 7.65. The molecule has 7 heteroatoms. The zero-order chi connectivity index (χ0) is 22.7. The topological polar surface area (TPSA) is 32.7 Å². The molecule has 1 unspecified atom stereocenters. The van der Waals surface area contributed by atoms with Gasteiger partial charge in [-0.15, -0.1) is 0 Å². The Bertz CT molecular complexity index is 1130. The van der Waals surface area contributed by atoms with Gasteiger partial charge in [0, 0.05) is 5.69 Å². The molecule has 3 aromatic rings. The number of rotatable bonds is 5. The number of anilines is 1. The Morgan fingerprint density at radius 2 is 1.62 bits per heavy atom. The summed E-state index contributed by atoms with van der Waals surface area (Å²) in [6.45, 7) is 2.53. The summed E-state index contributed by atoms with van der Waals surface area (Å²) >= 11 is 1.30. The minimum absolute atomic E-state index is 0.188. The van der Waals surface area contributed by atoms with Crippen molar-refractivity contribution in [2.45, 2.75) is 31.3 Å². The summed E-state index contributed by atoms with van der Waals surface area (Å²) in [4.78, 5) is 18.9. The molecule has 0 fully saturated rings. The summed E-state index contributed by atoms with van der Waals surface area (Å²) in [7, 11) is 0. The van der Waals surface area contributed by atoms with E-state index >= 15 is 0 Å². The maximum atomic E-state index is 13.0. The molecule has 1 amide bonds. The third kappa shape index (κ3) is 5.22. The van der Waals surface area contributed by atoms with Gasteiger partial charge in [0.2, 0.25) is 0 Å². The molecular formula is C25H21F3N2OS. The van der Waals surface area contributed by atoms with Gasteiger partial charge in [-0.2, -0.15) is 18.2 Å². The number of halogens is 3. The number of amidine groups is 1. The van der Waals surface area contributed by atoms with Crippen LogP contribution in [0, 0.1) is 6.92 Å². The number of amides is 1. The largest absolute Gasteiger partial charge is 0.416 e. The highest BCUT2D eigenvalue weighted by atomic mass is 32.2. The van der Waals surface area contributed by atoms with Crippen LogP contribution in [0.2, 0.25) is 0 Å². The van der Waals surface area contributed by atoms with E-state index in [1.54, 1.807) is 6.07 Å². The van der Waals surface area contributed by atoms with E-state index in [9.17, 15) is 18.0 Å². The van der Waals surface area contributed by atoms with Gasteiger partial charge in [0.15, 0.2) is 5.17 Å². The van der Waals surface area contributed by atoms with Crippen molar-refractivity contribution in [1.82, 2.24) is 0 Å². The maximum absolute atomic E-state index is 13.0. The lowest BCUT2D eigenvalue weighted by Gasteiger charge is -2.24. The Kier molecular flexibility index (Phi) is 6.37. The number of aliphatic imine (C=N–C) groups is 1. The molecule has 0 saturated carbocycles. The summed E-state index contributed by atoms with van der Waals surface area (Å²) in [6.07, 6.45) is -4.23. The van der Waals surface area contributed by atoms with Gasteiger partial charge in [-0.1, -0.05) is 78.0 Å². The number of carbonyl (C=O) groups excluding carboxylic acids is 1. The predicted octanol–water partition coefficient (Wildman–Crippen LogP) is 6.26. The zero-order valence-corrected chi connectivity index (χ0v) is 18.2. The quantitative estimate of drug-likeness (QED) is 0.456. The molecule has 1 aliphatic heterocycles. The first kappa shape index (κ1) is 22.1. The average molecular weight is 455 g/mol. The first-order chi connectivity index (χ1) is 15.3. The minimum atomic E-state index is -4.41. The van der Waals surface area contributed by atoms with Crippen LogP contribution in [0.1, 0.15) is 22.3 Å². The fourth-order valence-electron chi connectivity index (χ4n) is 3.47. The average Bonchev–Trinajstić information content (AvgIpc) is 3.13. The molecule has 0 aromatic heterocycles. The fraction of sp³-hybridized carbons (Fsp3) is 0.200. The third-order valence-corrected chi connectivity index (χ3v) is 6.34. The van der Waals surface area contributed by atoms with E-state index in [-0.39, 0.29) is 12.3 Å². The maximum Gasteiger partial charge on any atom is 0.416 e. The van der Waals surface area contributed by atoms with Crippen molar-refractivity contribution in [3.05, 3.63) is 101 Å². The highest BCUT2D eigenvalue weighted by molar-refractivity contribution is 8.15. The van der Waals surface area contributed by atoms with Gasteiger partial charge >= 0.3 is 6.18 Å². The third-order valence-electron chi connectivity index (χ3n) is 5.16. The monoisotopic (exact) mass is 454 g/mol. The number of hydrogen-bond donors (Lipinski definition) is 0. The molecule has 1 heterocycles. The van der Waals surface area contributed by atoms with Crippen LogP contribution in [0.15, 0.2) is 83.9 Å². The van der Waals surface area contributed by atoms with Crippen molar-refractivity contribution in [2.75, 3.05) is 4.90 Å². The van der Waals surface area contributed by atoms with Crippen LogP contribution in [-0.4, -0.2) is 16.3 Å². The summed E-state index contributed by atoms with van der Waals surface area (Å²) in [5, 5.41) is -0.00288. The Morgan fingerprint density at radius 3 is 2.31 bits per heavy atom. The van der Waals surface area contributed by atoms with E-state index in [4.69, 9.17) is 0 Å². The Balaban J connectivity index is 1.56. The number of thioether (sulfide) groups is 1. The molecule has 0 radical (unpaired) electrons. The van der Waals surface area contributed by atoms with Crippen LogP contribution in [0.5, 0.6) is 0 Å². The lowest BCUT2D eigenvalue weighted by molar-refractivity contribution is -0.137. The van der Waals surface area contributed by atoms with E-state index < -0.39 is 17.0 Å². The lowest BCUT2D eigenvalue weighted by Crippen LogP contribution is -2.27. The van der Waals surface area contributed by atoms with Gasteiger partial charge < -0.3 is 4.90 Å². The van der Waals surface area contributed by atoms with Crippen molar-refractivity contribution in [2.24, 2.45) is 4.99 Å². The number of aryl methyl sites for hydroxylation is 1. The fourth-order valence-corrected chi connectivity index (χ4v) is 4.60. The summed E-state index contributed by atoms with van der Waals surface area (Å²) < 4.78 is 39.1. The number of nitrogens with zero attached hydrogens (tertiary/aromatic N) is 2. The van der Waals surface area contributed by atoms with E-state index in [1.807, 2.05) is 66.4 Å². The number of alkyl halides is 3. The summed E-state index contributed by atoms with van der Waals surface area (Å²) in [6, 6.07) is 22.9. The number of benzene rings is 3. The molecule has 4 rings (SSSR count). The molecule has 0 aliphatic carbocycles. The molecule has 0 saturated heterocycles. The van der Waals surface area contributed by atoms with Crippen LogP contribution >= 0.6 is 11.8 Å². The Hall–Kier alpha value is -3.06. The van der Waals surface area contributed by atoms with Crippen molar-refractivity contribution in [3.63, 3.8) is 0 Å². The Morgan fingerprint density at radius 1 is 0.938 bits per heavy atom. The molecule has 164 valence electrons. The molecule has 32 heavy (non-hydrogen) atoms. The molecule has 0 spiro atoms. The van der Waals surface area contributed by atoms with Crippen molar-refractivity contribution in [3.8, 4) is 0 Å². The van der Waals surface area contributed by atoms with Crippen LogP contribution in [0.25, 0.3) is 0 Å². The molecule has 3 aromatic carbocycles. The first-order valence-corrected chi connectivity index (χ1v) is 11.0. The molecule has 0 N–H and O–H groups in total. The van der Waals surface area contributed by atoms with Crippen molar-refractivity contribution >= 4 is 28.5 Å². The predicted molar refractivity (Wildman–Crippen MR) is 123 cm³/mol. The van der Waals surface area contributed by atoms with Gasteiger partial charge in [0.1, 0.15) is 0 Å². The van der Waals surface area contributed by atoms with E-state index in [1.165, 1.54) is 17.8 Å². The van der Waals surface area contributed by atoms with Crippen LogP contribution < -0.4 is 4.90 Å². The van der Waals surface area contributed by atoms with Crippen LogP contribution in [0.4, 0.5) is 18.9 Å². The highest BCUT2D eigenvalue weighted by Gasteiger charge is 2.34. The molecule has 0 bridgehead atoms. The van der Waals surface area contributed by atoms with Gasteiger partial charge in [0.05, 0.1) is 17.4 Å². The van der Waals surface area contributed by atoms with E-state index in [2.05, 4.69) is 4.99 Å². The van der Waals surface area contributed by atoms with E-state index in [0.29, 0.717) is 17.3 Å².